The molecule has 2 aliphatic heterocycles. The lowest BCUT2D eigenvalue weighted by molar-refractivity contribution is 0.0674. The normalized spacial score (nSPS) is 19.1. The summed E-state index contributed by atoms with van der Waals surface area (Å²) >= 11 is 3.56. The minimum Gasteiger partial charge on any atom is -0.378 e. The number of nitrogens with two attached hydrogens (primary N) is 1. The Morgan fingerprint density at radius 1 is 1.08 bits per heavy atom. The molecule has 134 valence electrons. The molecular weight excluding hydrogens is 487 g/mol. The molecule has 2 saturated heterocycles. The van der Waals surface area contributed by atoms with Gasteiger partial charge in [-0.15, -0.1) is 24.0 Å². The van der Waals surface area contributed by atoms with E-state index in [1.165, 1.54) is 11.3 Å². The number of hydrogen-bond donors (Lipinski definition) is 1. The van der Waals surface area contributed by atoms with Crippen LogP contribution in [0.4, 0.5) is 5.69 Å². The lowest BCUT2D eigenvalue weighted by Gasteiger charge is -2.31. The number of guanidine groups is 1. The van der Waals surface area contributed by atoms with Gasteiger partial charge in [0.15, 0.2) is 5.96 Å². The molecule has 0 saturated carbocycles. The highest BCUT2D eigenvalue weighted by molar-refractivity contribution is 14.0. The molecule has 2 heterocycles. The Kier molecular flexibility index (Phi) is 8.05. The molecule has 2 aliphatic rings. The van der Waals surface area contributed by atoms with Crippen molar-refractivity contribution >= 4 is 51.6 Å². The molecule has 0 aliphatic carbocycles. The van der Waals surface area contributed by atoms with Crippen molar-refractivity contribution in [2.24, 2.45) is 10.7 Å². The Morgan fingerprint density at radius 3 is 2.38 bits per heavy atom. The first-order chi connectivity index (χ1) is 11.2. The molecule has 3 rings (SSSR count). The van der Waals surface area contributed by atoms with Crippen molar-refractivity contribution < 1.29 is 9.47 Å². The summed E-state index contributed by atoms with van der Waals surface area (Å²) in [5, 5.41) is 0. The van der Waals surface area contributed by atoms with E-state index in [4.69, 9.17) is 15.2 Å². The number of hydrogen-bond acceptors (Lipinski definition) is 4. The first-order valence-electron chi connectivity index (χ1n) is 7.98. The van der Waals surface area contributed by atoms with Crippen LogP contribution in [0.1, 0.15) is 5.56 Å². The number of benzene rings is 1. The number of ether oxygens (including phenoxy) is 2. The molecule has 2 N–H and O–H groups in total. The highest BCUT2D eigenvalue weighted by Gasteiger charge is 2.16. The zero-order valence-electron chi connectivity index (χ0n) is 13.6. The number of aliphatic imine (C=N–C) groups is 1. The second-order valence-corrected chi connectivity index (χ2v) is 6.56. The van der Waals surface area contributed by atoms with Crippen LogP contribution in [0.3, 0.4) is 0 Å². The van der Waals surface area contributed by atoms with Gasteiger partial charge in [-0.2, -0.15) is 0 Å². The van der Waals surface area contributed by atoms with Gasteiger partial charge in [-0.1, -0.05) is 22.0 Å². The molecule has 0 unspecified atom stereocenters. The van der Waals surface area contributed by atoms with Crippen molar-refractivity contribution in [3.05, 3.63) is 28.2 Å². The second kappa shape index (κ2) is 9.79. The van der Waals surface area contributed by atoms with Gasteiger partial charge in [0.1, 0.15) is 0 Å². The molecule has 6 nitrogen and oxygen atoms in total. The molecule has 0 aromatic heterocycles. The van der Waals surface area contributed by atoms with Gasteiger partial charge < -0.3 is 25.0 Å². The summed E-state index contributed by atoms with van der Waals surface area (Å²) < 4.78 is 11.9. The average Bonchev–Trinajstić information content (AvgIpc) is 2.62. The SMILES string of the molecule is I.NC(=NCc1ccc(Br)cc1N1CCOCC1)N1CCOCC1. The van der Waals surface area contributed by atoms with E-state index < -0.39 is 0 Å². The van der Waals surface area contributed by atoms with E-state index in [0.29, 0.717) is 25.7 Å². The van der Waals surface area contributed by atoms with Gasteiger partial charge in [0.05, 0.1) is 33.0 Å². The number of anilines is 1. The minimum absolute atomic E-state index is 0. The van der Waals surface area contributed by atoms with E-state index >= 15 is 0 Å². The number of nitrogens with zero attached hydrogens (tertiary/aromatic N) is 3. The molecule has 0 atom stereocenters. The summed E-state index contributed by atoms with van der Waals surface area (Å²) in [6.45, 7) is 7.00. The molecule has 2 fully saturated rings. The molecular formula is C16H24BrIN4O2. The Balaban J connectivity index is 0.00000208. The van der Waals surface area contributed by atoms with E-state index in [2.05, 4.69) is 48.9 Å². The van der Waals surface area contributed by atoms with Gasteiger partial charge in [-0.25, -0.2) is 4.99 Å². The van der Waals surface area contributed by atoms with Crippen LogP contribution < -0.4 is 10.6 Å². The first kappa shape index (κ1) is 19.7. The maximum absolute atomic E-state index is 6.13. The Labute approximate surface area is 168 Å². The number of rotatable bonds is 3. The van der Waals surface area contributed by atoms with Crippen LogP contribution in [-0.2, 0) is 16.0 Å². The monoisotopic (exact) mass is 510 g/mol. The summed E-state index contributed by atoms with van der Waals surface area (Å²) in [4.78, 5) is 9.03. The van der Waals surface area contributed by atoms with E-state index in [0.717, 1.165) is 43.9 Å². The van der Waals surface area contributed by atoms with Crippen LogP contribution in [0.15, 0.2) is 27.7 Å². The fourth-order valence-electron chi connectivity index (χ4n) is 2.83. The predicted molar refractivity (Wildman–Crippen MR) is 110 cm³/mol. The summed E-state index contributed by atoms with van der Waals surface area (Å²) in [7, 11) is 0. The zero-order chi connectivity index (χ0) is 16.1. The van der Waals surface area contributed by atoms with Crippen LogP contribution in [0.25, 0.3) is 0 Å². The molecule has 24 heavy (non-hydrogen) atoms. The molecule has 0 bridgehead atoms. The van der Waals surface area contributed by atoms with Gasteiger partial charge in [0, 0.05) is 36.3 Å². The topological polar surface area (TPSA) is 63.3 Å². The van der Waals surface area contributed by atoms with Crippen molar-refractivity contribution in [1.29, 1.82) is 0 Å². The fourth-order valence-corrected chi connectivity index (χ4v) is 3.18. The quantitative estimate of drug-likeness (QED) is 0.383. The van der Waals surface area contributed by atoms with Crippen molar-refractivity contribution in [1.82, 2.24) is 4.90 Å². The van der Waals surface area contributed by atoms with E-state index in [1.807, 2.05) is 0 Å². The molecule has 1 aromatic carbocycles. The average molecular weight is 511 g/mol. The van der Waals surface area contributed by atoms with E-state index in [-0.39, 0.29) is 24.0 Å². The van der Waals surface area contributed by atoms with Crippen molar-refractivity contribution in [3.8, 4) is 0 Å². The maximum Gasteiger partial charge on any atom is 0.191 e. The van der Waals surface area contributed by atoms with E-state index in [9.17, 15) is 0 Å². The first-order valence-corrected chi connectivity index (χ1v) is 8.77. The van der Waals surface area contributed by atoms with Crippen LogP contribution in [0, 0.1) is 0 Å². The van der Waals surface area contributed by atoms with E-state index in [1.54, 1.807) is 0 Å². The molecule has 1 aromatic rings. The van der Waals surface area contributed by atoms with Crippen molar-refractivity contribution in [3.63, 3.8) is 0 Å². The summed E-state index contributed by atoms with van der Waals surface area (Å²) in [6, 6.07) is 6.33. The third-order valence-corrected chi connectivity index (χ3v) is 4.64. The van der Waals surface area contributed by atoms with Crippen LogP contribution in [0.2, 0.25) is 0 Å². The second-order valence-electron chi connectivity index (χ2n) is 5.65. The van der Waals surface area contributed by atoms with Crippen LogP contribution >= 0.6 is 39.9 Å². The highest BCUT2D eigenvalue weighted by Crippen LogP contribution is 2.26. The minimum atomic E-state index is 0. The van der Waals surface area contributed by atoms with Gasteiger partial charge in [0.25, 0.3) is 0 Å². The van der Waals surface area contributed by atoms with Crippen LogP contribution in [0.5, 0.6) is 0 Å². The standard InChI is InChI=1S/C16H23BrN4O2.HI/c17-14-2-1-13(15(11-14)20-3-7-22-8-4-20)12-19-16(18)21-5-9-23-10-6-21;/h1-2,11H,3-10,12H2,(H2,18,19);1H. The number of morpholine rings is 2. The molecule has 0 amide bonds. The largest absolute Gasteiger partial charge is 0.378 e. The third kappa shape index (κ3) is 5.21. The summed E-state index contributed by atoms with van der Waals surface area (Å²) in [6.07, 6.45) is 0. The zero-order valence-corrected chi connectivity index (χ0v) is 17.5. The van der Waals surface area contributed by atoms with Gasteiger partial charge in [0.2, 0.25) is 0 Å². The summed E-state index contributed by atoms with van der Waals surface area (Å²) in [5.74, 6) is 0.601. The smallest absolute Gasteiger partial charge is 0.191 e. The van der Waals surface area contributed by atoms with Gasteiger partial charge in [-0.3, -0.25) is 0 Å². The Hall–Kier alpha value is -0.580. The number of halogens is 2. The fraction of sp³-hybridized carbons (Fsp3) is 0.562. The van der Waals surface area contributed by atoms with Gasteiger partial charge >= 0.3 is 0 Å². The summed E-state index contributed by atoms with van der Waals surface area (Å²) in [5.41, 5.74) is 8.53. The van der Waals surface area contributed by atoms with Gasteiger partial charge in [-0.05, 0) is 17.7 Å². The Bertz CT molecular complexity index is 561. The maximum atomic E-state index is 6.13. The lowest BCUT2D eigenvalue weighted by Crippen LogP contribution is -2.44. The molecule has 8 heteroatoms. The highest BCUT2D eigenvalue weighted by atomic mass is 127. The van der Waals surface area contributed by atoms with Crippen LogP contribution in [-0.4, -0.2) is 63.5 Å². The third-order valence-electron chi connectivity index (χ3n) is 4.15. The molecule has 0 radical (unpaired) electrons. The lowest BCUT2D eigenvalue weighted by atomic mass is 10.1. The van der Waals surface area contributed by atoms with Crippen molar-refractivity contribution in [2.75, 3.05) is 57.5 Å². The van der Waals surface area contributed by atoms with Crippen molar-refractivity contribution in [2.45, 2.75) is 6.54 Å². The molecule has 0 spiro atoms. The predicted octanol–water partition coefficient (Wildman–Crippen LogP) is 2.05. The Morgan fingerprint density at radius 2 is 1.71 bits per heavy atom.